The molecule has 1 N–H and O–H groups in total. The van der Waals surface area contributed by atoms with Crippen LogP contribution < -0.4 is 0 Å². The molecule has 0 bridgehead atoms. The maximum absolute atomic E-state index is 9.10. The lowest BCUT2D eigenvalue weighted by atomic mass is 9.95. The van der Waals surface area contributed by atoms with Crippen molar-refractivity contribution in [1.82, 2.24) is 9.97 Å². The van der Waals surface area contributed by atoms with E-state index in [1.807, 2.05) is 6.08 Å². The van der Waals surface area contributed by atoms with E-state index in [-0.39, 0.29) is 12.5 Å². The Labute approximate surface area is 103 Å². The van der Waals surface area contributed by atoms with Crippen molar-refractivity contribution in [3.8, 4) is 0 Å². The monoisotopic (exact) mass is 256 g/mol. The zero-order valence-corrected chi connectivity index (χ0v) is 9.91. The van der Waals surface area contributed by atoms with Crippen molar-refractivity contribution in [1.29, 1.82) is 0 Å². The lowest BCUT2D eigenvalue weighted by Crippen LogP contribution is -2.11. The lowest BCUT2D eigenvalue weighted by Gasteiger charge is -2.20. The van der Waals surface area contributed by atoms with Crippen LogP contribution in [-0.2, 0) is 0 Å². The molecule has 1 atom stereocenters. The van der Waals surface area contributed by atoms with Crippen LogP contribution in [0, 0.1) is 5.92 Å². The smallest absolute Gasteiger partial charge is 0.0897 e. The van der Waals surface area contributed by atoms with Crippen LogP contribution in [0.3, 0.4) is 0 Å². The molecule has 0 spiro atoms. The Morgan fingerprint density at radius 3 is 2.81 bits per heavy atom. The molecule has 0 saturated heterocycles. The topological polar surface area (TPSA) is 46.0 Å². The molecule has 0 fully saturated rings. The molecule has 84 valence electrons. The summed E-state index contributed by atoms with van der Waals surface area (Å²) >= 11 is 12.2. The van der Waals surface area contributed by atoms with E-state index in [1.54, 1.807) is 18.6 Å². The first kappa shape index (κ1) is 11.6. The van der Waals surface area contributed by atoms with Gasteiger partial charge in [0, 0.05) is 28.9 Å². The van der Waals surface area contributed by atoms with E-state index < -0.39 is 0 Å². The van der Waals surface area contributed by atoms with Gasteiger partial charge in [-0.05, 0) is 6.42 Å². The van der Waals surface area contributed by atoms with Crippen molar-refractivity contribution in [2.75, 3.05) is 6.61 Å². The van der Waals surface area contributed by atoms with Gasteiger partial charge in [0.1, 0.15) is 0 Å². The van der Waals surface area contributed by atoms with E-state index in [0.29, 0.717) is 22.2 Å². The zero-order valence-electron chi connectivity index (χ0n) is 8.40. The summed E-state index contributed by atoms with van der Waals surface area (Å²) in [7, 11) is 0. The minimum atomic E-state index is -0.102. The van der Waals surface area contributed by atoms with Crippen molar-refractivity contribution in [2.24, 2.45) is 5.92 Å². The predicted octanol–water partition coefficient (Wildman–Crippen LogP) is 2.56. The molecule has 0 radical (unpaired) electrons. The van der Waals surface area contributed by atoms with Crippen LogP contribution in [0.2, 0.25) is 0 Å². The highest BCUT2D eigenvalue weighted by atomic mass is 35.5. The van der Waals surface area contributed by atoms with Gasteiger partial charge in [0.25, 0.3) is 0 Å². The van der Waals surface area contributed by atoms with E-state index in [9.17, 15) is 0 Å². The van der Waals surface area contributed by atoms with Gasteiger partial charge in [-0.1, -0.05) is 29.3 Å². The van der Waals surface area contributed by atoms with Gasteiger partial charge < -0.3 is 5.11 Å². The van der Waals surface area contributed by atoms with Crippen molar-refractivity contribution >= 4 is 28.8 Å². The molecule has 2 rings (SSSR count). The van der Waals surface area contributed by atoms with Crippen LogP contribution in [0.15, 0.2) is 34.7 Å². The highest BCUT2D eigenvalue weighted by Crippen LogP contribution is 2.38. The number of aromatic nitrogens is 2. The lowest BCUT2D eigenvalue weighted by molar-refractivity contribution is 0.251. The standard InChI is InChI=1S/C11H10Cl2N2O/c12-10-7(6-16)1-2-8(11(10)13)9-5-14-3-4-15-9/h2-5,7,16H,1,6H2. The summed E-state index contributed by atoms with van der Waals surface area (Å²) in [6.45, 7) is -0.000693. The van der Waals surface area contributed by atoms with Crippen LogP contribution >= 0.6 is 23.2 Å². The first-order chi connectivity index (χ1) is 7.74. The third kappa shape index (κ3) is 2.12. The van der Waals surface area contributed by atoms with E-state index in [0.717, 1.165) is 5.57 Å². The summed E-state index contributed by atoms with van der Waals surface area (Å²) in [6.07, 6.45) is 7.43. The number of allylic oxidation sites excluding steroid dienone is 3. The van der Waals surface area contributed by atoms with Gasteiger partial charge in [0.05, 0.1) is 23.5 Å². The quantitative estimate of drug-likeness (QED) is 0.885. The Morgan fingerprint density at radius 1 is 1.38 bits per heavy atom. The highest BCUT2D eigenvalue weighted by Gasteiger charge is 2.23. The molecule has 1 aromatic heterocycles. The molecule has 0 amide bonds. The van der Waals surface area contributed by atoms with Crippen LogP contribution in [0.4, 0.5) is 0 Å². The summed E-state index contributed by atoms with van der Waals surface area (Å²) in [5.74, 6) is -0.102. The predicted molar refractivity (Wildman–Crippen MR) is 63.9 cm³/mol. The van der Waals surface area contributed by atoms with E-state index in [2.05, 4.69) is 9.97 Å². The summed E-state index contributed by atoms with van der Waals surface area (Å²) in [6, 6.07) is 0. The highest BCUT2D eigenvalue weighted by molar-refractivity contribution is 6.44. The molecular weight excluding hydrogens is 247 g/mol. The third-order valence-corrected chi connectivity index (χ3v) is 3.47. The molecule has 1 aliphatic rings. The molecule has 0 aliphatic heterocycles. The van der Waals surface area contributed by atoms with Crippen molar-refractivity contribution in [3.05, 3.63) is 40.4 Å². The fourth-order valence-corrected chi connectivity index (χ4v) is 2.16. The summed E-state index contributed by atoms with van der Waals surface area (Å²) < 4.78 is 0. The summed E-state index contributed by atoms with van der Waals surface area (Å²) in [4.78, 5) is 8.15. The number of nitrogens with zero attached hydrogens (tertiary/aromatic N) is 2. The fourth-order valence-electron chi connectivity index (χ4n) is 1.57. The maximum atomic E-state index is 9.10. The Balaban J connectivity index is 2.36. The number of aliphatic hydroxyl groups is 1. The molecule has 1 aromatic rings. The van der Waals surface area contributed by atoms with Gasteiger partial charge in [-0.2, -0.15) is 0 Å². The SMILES string of the molecule is OCC1CC=C(c2cnccn2)C(Cl)=C1Cl. The second kappa shape index (κ2) is 4.95. The van der Waals surface area contributed by atoms with Crippen LogP contribution in [0.5, 0.6) is 0 Å². The second-order valence-corrected chi connectivity index (χ2v) is 4.27. The number of hydrogen-bond acceptors (Lipinski definition) is 3. The Hall–Kier alpha value is -0.900. The van der Waals surface area contributed by atoms with Crippen molar-refractivity contribution < 1.29 is 5.11 Å². The zero-order chi connectivity index (χ0) is 11.5. The van der Waals surface area contributed by atoms with E-state index >= 15 is 0 Å². The van der Waals surface area contributed by atoms with Crippen LogP contribution in [0.1, 0.15) is 12.1 Å². The molecule has 0 saturated carbocycles. The summed E-state index contributed by atoms with van der Waals surface area (Å²) in [5.41, 5.74) is 1.48. The average Bonchev–Trinajstić information content (AvgIpc) is 2.34. The maximum Gasteiger partial charge on any atom is 0.0897 e. The molecule has 1 heterocycles. The number of halogens is 2. The molecular formula is C11H10Cl2N2O. The number of hydrogen-bond donors (Lipinski definition) is 1. The average molecular weight is 257 g/mol. The first-order valence-electron chi connectivity index (χ1n) is 4.87. The molecule has 5 heteroatoms. The van der Waals surface area contributed by atoms with Crippen molar-refractivity contribution in [2.45, 2.75) is 6.42 Å². The largest absolute Gasteiger partial charge is 0.396 e. The van der Waals surface area contributed by atoms with Gasteiger partial charge in [0.2, 0.25) is 0 Å². The number of rotatable bonds is 2. The van der Waals surface area contributed by atoms with Gasteiger partial charge in [-0.3, -0.25) is 9.97 Å². The molecule has 16 heavy (non-hydrogen) atoms. The first-order valence-corrected chi connectivity index (χ1v) is 5.62. The minimum absolute atomic E-state index is 0.000693. The van der Waals surface area contributed by atoms with Gasteiger partial charge in [-0.15, -0.1) is 0 Å². The molecule has 1 unspecified atom stereocenters. The molecule has 3 nitrogen and oxygen atoms in total. The van der Waals surface area contributed by atoms with Crippen LogP contribution in [0.25, 0.3) is 5.57 Å². The Morgan fingerprint density at radius 2 is 2.19 bits per heavy atom. The molecule has 1 aliphatic carbocycles. The van der Waals surface area contributed by atoms with Crippen molar-refractivity contribution in [3.63, 3.8) is 0 Å². The minimum Gasteiger partial charge on any atom is -0.396 e. The van der Waals surface area contributed by atoms with Crippen LogP contribution in [-0.4, -0.2) is 21.7 Å². The third-order valence-electron chi connectivity index (χ3n) is 2.47. The fraction of sp³-hybridized carbons (Fsp3) is 0.273. The normalized spacial score (nSPS) is 20.9. The Kier molecular flexibility index (Phi) is 3.59. The molecule has 0 aromatic carbocycles. The van der Waals surface area contributed by atoms with E-state index in [1.165, 1.54) is 0 Å². The Bertz CT molecular complexity index is 443. The second-order valence-electron chi connectivity index (χ2n) is 3.49. The van der Waals surface area contributed by atoms with Gasteiger partial charge in [0.15, 0.2) is 0 Å². The number of aliphatic hydroxyl groups excluding tert-OH is 1. The van der Waals surface area contributed by atoms with E-state index in [4.69, 9.17) is 28.3 Å². The van der Waals surface area contributed by atoms with Gasteiger partial charge in [-0.25, -0.2) is 0 Å². The van der Waals surface area contributed by atoms with Gasteiger partial charge >= 0.3 is 0 Å². The summed E-state index contributed by atoms with van der Waals surface area (Å²) in [5, 5.41) is 10.0.